The Hall–Kier alpha value is -1.61. The summed E-state index contributed by atoms with van der Waals surface area (Å²) in [6.07, 6.45) is 9.08. The number of hydrogen-bond acceptors (Lipinski definition) is 2. The molecule has 114 valence electrons. The standard InChI is InChI=1S/C18H25NOS/c1-4-17(20-5-2)9-7-6-8-10-18(21)19-16-13-11-15(3)12-14-16/h4,7,9,11-14H,5-6,8,10H2,1-3H3,(H,19,21)/b9-7-,17-4+. The lowest BCUT2D eigenvalue weighted by atomic mass is 10.2. The van der Waals surface area contributed by atoms with Crippen molar-refractivity contribution < 1.29 is 4.74 Å². The van der Waals surface area contributed by atoms with Crippen LogP contribution in [0.4, 0.5) is 5.69 Å². The van der Waals surface area contributed by atoms with E-state index >= 15 is 0 Å². The van der Waals surface area contributed by atoms with E-state index in [1.54, 1.807) is 0 Å². The average molecular weight is 303 g/mol. The second kappa shape index (κ2) is 10.2. The van der Waals surface area contributed by atoms with Gasteiger partial charge in [0.05, 0.1) is 11.6 Å². The van der Waals surface area contributed by atoms with Crippen LogP contribution in [0.1, 0.15) is 38.7 Å². The highest BCUT2D eigenvalue weighted by Gasteiger charge is 1.97. The van der Waals surface area contributed by atoms with Gasteiger partial charge in [0.25, 0.3) is 0 Å². The van der Waals surface area contributed by atoms with Gasteiger partial charge in [-0.2, -0.15) is 0 Å². The third kappa shape index (κ3) is 7.66. The second-order valence-corrected chi connectivity index (χ2v) is 5.33. The quantitative estimate of drug-likeness (QED) is 0.301. The molecule has 0 aliphatic rings. The minimum Gasteiger partial charge on any atom is -0.494 e. The first-order chi connectivity index (χ1) is 10.2. The number of hydrogen-bond donors (Lipinski definition) is 1. The molecule has 1 aromatic rings. The molecule has 0 unspecified atom stereocenters. The third-order valence-electron chi connectivity index (χ3n) is 2.99. The lowest BCUT2D eigenvalue weighted by molar-refractivity contribution is 0.242. The summed E-state index contributed by atoms with van der Waals surface area (Å²) in [7, 11) is 0. The zero-order valence-electron chi connectivity index (χ0n) is 13.2. The summed E-state index contributed by atoms with van der Waals surface area (Å²) in [6, 6.07) is 8.28. The number of thiocarbonyl (C=S) groups is 1. The van der Waals surface area contributed by atoms with Gasteiger partial charge in [-0.3, -0.25) is 0 Å². The summed E-state index contributed by atoms with van der Waals surface area (Å²) in [5, 5.41) is 3.27. The fraction of sp³-hybridized carbons (Fsp3) is 0.389. The smallest absolute Gasteiger partial charge is 0.114 e. The zero-order chi connectivity index (χ0) is 15.5. The molecule has 0 heterocycles. The SMILES string of the molecule is C/C=C(\C=C/CCCC(=S)Nc1ccc(C)cc1)OCC. The predicted molar refractivity (Wildman–Crippen MR) is 95.8 cm³/mol. The van der Waals surface area contributed by atoms with Gasteiger partial charge < -0.3 is 10.1 Å². The fourth-order valence-corrected chi connectivity index (χ4v) is 2.10. The molecule has 0 amide bonds. The monoisotopic (exact) mass is 303 g/mol. The number of rotatable bonds is 8. The molecule has 0 saturated carbocycles. The summed E-state index contributed by atoms with van der Waals surface area (Å²) >= 11 is 5.36. The maximum absolute atomic E-state index is 5.44. The van der Waals surface area contributed by atoms with E-state index in [1.807, 2.05) is 26.0 Å². The van der Waals surface area contributed by atoms with E-state index in [-0.39, 0.29) is 0 Å². The number of aryl methyl sites for hydroxylation is 1. The van der Waals surface area contributed by atoms with Crippen LogP contribution in [-0.2, 0) is 4.74 Å². The van der Waals surface area contributed by atoms with Crippen LogP contribution in [0.15, 0.2) is 48.3 Å². The molecular formula is C18H25NOS. The van der Waals surface area contributed by atoms with Gasteiger partial charge >= 0.3 is 0 Å². The predicted octanol–water partition coefficient (Wildman–Crippen LogP) is 5.40. The molecule has 0 aromatic heterocycles. The Bertz CT molecular complexity index is 488. The van der Waals surface area contributed by atoms with Crippen LogP contribution in [0, 0.1) is 6.92 Å². The van der Waals surface area contributed by atoms with Gasteiger partial charge in [0.1, 0.15) is 5.76 Å². The van der Waals surface area contributed by atoms with Gasteiger partial charge in [-0.1, -0.05) is 36.0 Å². The molecule has 0 saturated heterocycles. The highest BCUT2D eigenvalue weighted by atomic mass is 32.1. The molecule has 1 aromatic carbocycles. The first-order valence-corrected chi connectivity index (χ1v) is 7.88. The lowest BCUT2D eigenvalue weighted by Crippen LogP contribution is -2.08. The molecule has 0 bridgehead atoms. The van der Waals surface area contributed by atoms with Crippen molar-refractivity contribution >= 4 is 22.9 Å². The summed E-state index contributed by atoms with van der Waals surface area (Å²) < 4.78 is 5.44. The minimum atomic E-state index is 0.703. The van der Waals surface area contributed by atoms with E-state index in [1.165, 1.54) is 5.56 Å². The van der Waals surface area contributed by atoms with Gasteiger partial charge in [0.2, 0.25) is 0 Å². The second-order valence-electron chi connectivity index (χ2n) is 4.83. The number of nitrogens with one attached hydrogen (secondary N) is 1. The molecule has 0 spiro atoms. The molecule has 2 nitrogen and oxygen atoms in total. The van der Waals surface area contributed by atoms with Crippen molar-refractivity contribution in [2.24, 2.45) is 0 Å². The minimum absolute atomic E-state index is 0.703. The lowest BCUT2D eigenvalue weighted by Gasteiger charge is -2.07. The van der Waals surface area contributed by atoms with E-state index in [0.717, 1.165) is 35.7 Å². The Balaban J connectivity index is 2.24. The van der Waals surface area contributed by atoms with Gasteiger partial charge in [-0.15, -0.1) is 0 Å². The Labute approximate surface area is 133 Å². The Morgan fingerprint density at radius 2 is 2.00 bits per heavy atom. The normalized spacial score (nSPS) is 11.7. The largest absolute Gasteiger partial charge is 0.494 e. The summed E-state index contributed by atoms with van der Waals surface area (Å²) in [4.78, 5) is 0.892. The van der Waals surface area contributed by atoms with E-state index in [0.29, 0.717) is 6.61 Å². The van der Waals surface area contributed by atoms with Gasteiger partial charge in [0.15, 0.2) is 0 Å². The van der Waals surface area contributed by atoms with Crippen LogP contribution in [0.3, 0.4) is 0 Å². The number of ether oxygens (including phenoxy) is 1. The number of unbranched alkanes of at least 4 members (excludes halogenated alkanes) is 1. The molecule has 1 N–H and O–H groups in total. The molecule has 0 radical (unpaired) electrons. The van der Waals surface area contributed by atoms with Crippen LogP contribution in [-0.4, -0.2) is 11.6 Å². The van der Waals surface area contributed by atoms with Crippen molar-refractivity contribution in [3.05, 3.63) is 53.8 Å². The maximum atomic E-state index is 5.44. The number of allylic oxidation sites excluding steroid dienone is 3. The maximum Gasteiger partial charge on any atom is 0.114 e. The average Bonchev–Trinajstić information content (AvgIpc) is 2.48. The zero-order valence-corrected chi connectivity index (χ0v) is 14.0. The summed E-state index contributed by atoms with van der Waals surface area (Å²) in [5.41, 5.74) is 2.32. The van der Waals surface area contributed by atoms with E-state index in [9.17, 15) is 0 Å². The Kier molecular flexibility index (Phi) is 8.44. The van der Waals surface area contributed by atoms with Crippen molar-refractivity contribution in [3.8, 4) is 0 Å². The van der Waals surface area contributed by atoms with Crippen molar-refractivity contribution in [2.45, 2.75) is 40.0 Å². The van der Waals surface area contributed by atoms with Crippen molar-refractivity contribution in [3.63, 3.8) is 0 Å². The third-order valence-corrected chi connectivity index (χ3v) is 3.29. The molecule has 3 heteroatoms. The van der Waals surface area contributed by atoms with Crippen LogP contribution in [0.25, 0.3) is 0 Å². The van der Waals surface area contributed by atoms with Crippen LogP contribution < -0.4 is 5.32 Å². The first kappa shape index (κ1) is 17.4. The van der Waals surface area contributed by atoms with Crippen LogP contribution in [0.5, 0.6) is 0 Å². The Morgan fingerprint density at radius 1 is 1.29 bits per heavy atom. The first-order valence-electron chi connectivity index (χ1n) is 7.48. The van der Waals surface area contributed by atoms with Gasteiger partial charge in [-0.25, -0.2) is 0 Å². The van der Waals surface area contributed by atoms with E-state index < -0.39 is 0 Å². The van der Waals surface area contributed by atoms with Crippen LogP contribution in [0.2, 0.25) is 0 Å². The Morgan fingerprint density at radius 3 is 2.62 bits per heavy atom. The molecule has 0 atom stereocenters. The summed E-state index contributed by atoms with van der Waals surface area (Å²) in [6.45, 7) is 6.76. The molecule has 21 heavy (non-hydrogen) atoms. The number of anilines is 1. The fourth-order valence-electron chi connectivity index (χ4n) is 1.83. The van der Waals surface area contributed by atoms with Crippen molar-refractivity contribution in [1.29, 1.82) is 0 Å². The van der Waals surface area contributed by atoms with Gasteiger partial charge in [-0.05, 0) is 64.3 Å². The van der Waals surface area contributed by atoms with Crippen LogP contribution >= 0.6 is 12.2 Å². The molecule has 0 aliphatic carbocycles. The molecule has 0 aliphatic heterocycles. The van der Waals surface area contributed by atoms with Gasteiger partial charge in [0, 0.05) is 5.69 Å². The topological polar surface area (TPSA) is 21.3 Å². The molecular weight excluding hydrogens is 278 g/mol. The van der Waals surface area contributed by atoms with E-state index in [4.69, 9.17) is 17.0 Å². The van der Waals surface area contributed by atoms with Crippen molar-refractivity contribution in [1.82, 2.24) is 0 Å². The highest BCUT2D eigenvalue weighted by molar-refractivity contribution is 7.80. The molecule has 1 rings (SSSR count). The molecule has 0 fully saturated rings. The number of benzene rings is 1. The van der Waals surface area contributed by atoms with E-state index in [2.05, 4.69) is 42.6 Å². The summed E-state index contributed by atoms with van der Waals surface area (Å²) in [5.74, 6) is 0.929. The van der Waals surface area contributed by atoms with Crippen molar-refractivity contribution in [2.75, 3.05) is 11.9 Å². The highest BCUT2D eigenvalue weighted by Crippen LogP contribution is 2.11.